The highest BCUT2D eigenvalue weighted by molar-refractivity contribution is 6.35. The SMILES string of the molecule is O=C1/C(=C\c2ccc(Cl)cc2Cl)N=C(c2ccccc2)N1Cc1ccncc1. The third-order valence-electron chi connectivity index (χ3n) is 4.32. The lowest BCUT2D eigenvalue weighted by molar-refractivity contribution is -0.123. The van der Waals surface area contributed by atoms with Crippen LogP contribution in [0.5, 0.6) is 0 Å². The summed E-state index contributed by atoms with van der Waals surface area (Å²) >= 11 is 12.2. The van der Waals surface area contributed by atoms with Crippen molar-refractivity contribution in [2.24, 2.45) is 4.99 Å². The third kappa shape index (κ3) is 3.84. The minimum atomic E-state index is -0.179. The summed E-state index contributed by atoms with van der Waals surface area (Å²) in [5.74, 6) is 0.431. The van der Waals surface area contributed by atoms with Crippen LogP contribution in [-0.2, 0) is 11.3 Å². The summed E-state index contributed by atoms with van der Waals surface area (Å²) in [7, 11) is 0. The van der Waals surface area contributed by atoms with Gasteiger partial charge in [0.1, 0.15) is 11.5 Å². The summed E-state index contributed by atoms with van der Waals surface area (Å²) in [5, 5.41) is 1.01. The highest BCUT2D eigenvalue weighted by atomic mass is 35.5. The first-order valence-electron chi connectivity index (χ1n) is 8.63. The summed E-state index contributed by atoms with van der Waals surface area (Å²) < 4.78 is 0. The van der Waals surface area contributed by atoms with E-state index in [0.717, 1.165) is 11.1 Å². The van der Waals surface area contributed by atoms with Crippen LogP contribution in [0.15, 0.2) is 83.7 Å². The number of hydrogen-bond acceptors (Lipinski definition) is 3. The summed E-state index contributed by atoms with van der Waals surface area (Å²) in [4.78, 5) is 23.5. The van der Waals surface area contributed by atoms with Gasteiger partial charge in [0, 0.05) is 28.0 Å². The average Bonchev–Trinajstić information content (AvgIpc) is 3.01. The second kappa shape index (κ2) is 7.97. The Morgan fingerprint density at radius 2 is 1.71 bits per heavy atom. The molecular formula is C22H15Cl2N3O. The minimum Gasteiger partial charge on any atom is -0.286 e. The summed E-state index contributed by atoms with van der Waals surface area (Å²) in [5.41, 5.74) is 2.86. The number of amides is 1. The number of carbonyl (C=O) groups excluding carboxylic acids is 1. The number of carbonyl (C=O) groups is 1. The fourth-order valence-corrected chi connectivity index (χ4v) is 3.40. The van der Waals surface area contributed by atoms with Crippen LogP contribution in [0.2, 0.25) is 10.0 Å². The van der Waals surface area contributed by atoms with Crippen LogP contribution in [0, 0.1) is 0 Å². The number of nitrogens with zero attached hydrogens (tertiary/aromatic N) is 3. The van der Waals surface area contributed by atoms with Gasteiger partial charge in [-0.1, -0.05) is 59.6 Å². The maximum atomic E-state index is 13.1. The van der Waals surface area contributed by atoms with Crippen molar-refractivity contribution in [1.29, 1.82) is 0 Å². The molecule has 0 saturated carbocycles. The highest BCUT2D eigenvalue weighted by Gasteiger charge is 2.31. The molecule has 0 spiro atoms. The molecule has 0 aliphatic carbocycles. The van der Waals surface area contributed by atoms with E-state index in [2.05, 4.69) is 9.98 Å². The van der Waals surface area contributed by atoms with E-state index < -0.39 is 0 Å². The second-order valence-corrected chi connectivity index (χ2v) is 7.09. The van der Waals surface area contributed by atoms with Crippen molar-refractivity contribution in [2.75, 3.05) is 0 Å². The van der Waals surface area contributed by atoms with Gasteiger partial charge in [-0.15, -0.1) is 0 Å². The predicted octanol–water partition coefficient (Wildman–Crippen LogP) is 5.22. The summed E-state index contributed by atoms with van der Waals surface area (Å²) in [6.07, 6.45) is 5.11. The molecule has 0 N–H and O–H groups in total. The maximum absolute atomic E-state index is 13.1. The number of amidine groups is 1. The summed E-state index contributed by atoms with van der Waals surface area (Å²) in [6.45, 7) is 0.404. The lowest BCUT2D eigenvalue weighted by Crippen LogP contribution is -2.32. The van der Waals surface area contributed by atoms with Crippen molar-refractivity contribution in [3.8, 4) is 0 Å². The van der Waals surface area contributed by atoms with Gasteiger partial charge >= 0.3 is 0 Å². The van der Waals surface area contributed by atoms with Crippen molar-refractivity contribution in [3.05, 3.63) is 105 Å². The number of pyridine rings is 1. The number of benzene rings is 2. The molecule has 1 amide bonds. The zero-order valence-corrected chi connectivity index (χ0v) is 16.2. The summed E-state index contributed by atoms with van der Waals surface area (Å²) in [6, 6.07) is 18.6. The van der Waals surface area contributed by atoms with Crippen LogP contribution < -0.4 is 0 Å². The van der Waals surface area contributed by atoms with Crippen LogP contribution in [-0.4, -0.2) is 21.6 Å². The molecule has 28 heavy (non-hydrogen) atoms. The molecule has 2 heterocycles. The molecule has 4 rings (SSSR count). The van der Waals surface area contributed by atoms with Gasteiger partial charge in [0.15, 0.2) is 0 Å². The number of halogens is 2. The molecule has 0 atom stereocenters. The zero-order chi connectivity index (χ0) is 19.5. The van der Waals surface area contributed by atoms with Gasteiger partial charge in [-0.25, -0.2) is 4.99 Å². The Bertz CT molecular complexity index is 1080. The predicted molar refractivity (Wildman–Crippen MR) is 112 cm³/mol. The normalized spacial score (nSPS) is 15.2. The highest BCUT2D eigenvalue weighted by Crippen LogP contribution is 2.27. The zero-order valence-electron chi connectivity index (χ0n) is 14.7. The molecule has 3 aromatic rings. The lowest BCUT2D eigenvalue weighted by atomic mass is 10.1. The molecule has 6 heteroatoms. The fraction of sp³-hybridized carbons (Fsp3) is 0.0455. The molecular weight excluding hydrogens is 393 g/mol. The number of aliphatic imine (C=N–C) groups is 1. The Balaban J connectivity index is 1.75. The third-order valence-corrected chi connectivity index (χ3v) is 4.89. The Morgan fingerprint density at radius 1 is 0.964 bits per heavy atom. The van der Waals surface area contributed by atoms with E-state index in [1.54, 1.807) is 41.6 Å². The largest absolute Gasteiger partial charge is 0.286 e. The Kier molecular flexibility index (Phi) is 5.24. The second-order valence-electron chi connectivity index (χ2n) is 6.24. The van der Waals surface area contributed by atoms with Gasteiger partial charge in [0.2, 0.25) is 0 Å². The van der Waals surface area contributed by atoms with E-state index in [4.69, 9.17) is 23.2 Å². The van der Waals surface area contributed by atoms with Crippen LogP contribution >= 0.6 is 23.2 Å². The molecule has 138 valence electrons. The minimum absolute atomic E-state index is 0.179. The topological polar surface area (TPSA) is 45.6 Å². The Hall–Kier alpha value is -2.95. The number of hydrogen-bond donors (Lipinski definition) is 0. The number of rotatable bonds is 4. The van der Waals surface area contributed by atoms with E-state index in [-0.39, 0.29) is 5.91 Å². The van der Waals surface area contributed by atoms with Crippen molar-refractivity contribution in [1.82, 2.24) is 9.88 Å². The standard InChI is InChI=1S/C22H15Cl2N3O/c23-18-7-6-17(19(24)13-18)12-20-22(28)27(14-15-8-10-25-11-9-15)21(26-20)16-4-2-1-3-5-16/h1-13H,14H2/b20-12+. The molecule has 2 aromatic carbocycles. The van der Waals surface area contributed by atoms with Crippen LogP contribution in [0.1, 0.15) is 16.7 Å². The Morgan fingerprint density at radius 3 is 2.43 bits per heavy atom. The van der Waals surface area contributed by atoms with E-state index in [1.165, 1.54) is 0 Å². The molecule has 0 radical (unpaired) electrons. The van der Waals surface area contributed by atoms with E-state index >= 15 is 0 Å². The van der Waals surface area contributed by atoms with Crippen LogP contribution in [0.4, 0.5) is 0 Å². The van der Waals surface area contributed by atoms with Crippen molar-refractivity contribution >= 4 is 41.0 Å². The maximum Gasteiger partial charge on any atom is 0.278 e. The van der Waals surface area contributed by atoms with Gasteiger partial charge in [-0.2, -0.15) is 0 Å². The molecule has 1 aromatic heterocycles. The lowest BCUT2D eigenvalue weighted by Gasteiger charge is -2.18. The van der Waals surface area contributed by atoms with Crippen LogP contribution in [0.25, 0.3) is 6.08 Å². The molecule has 1 aliphatic rings. The first-order valence-corrected chi connectivity index (χ1v) is 9.39. The van der Waals surface area contributed by atoms with Gasteiger partial charge in [0.25, 0.3) is 5.91 Å². The molecule has 1 aliphatic heterocycles. The molecule has 4 nitrogen and oxygen atoms in total. The van der Waals surface area contributed by atoms with E-state index in [9.17, 15) is 4.79 Å². The number of aromatic nitrogens is 1. The van der Waals surface area contributed by atoms with Crippen molar-refractivity contribution in [2.45, 2.75) is 6.54 Å². The Labute approximate surface area is 172 Å². The van der Waals surface area contributed by atoms with Crippen molar-refractivity contribution < 1.29 is 4.79 Å². The fourth-order valence-electron chi connectivity index (χ4n) is 2.94. The van der Waals surface area contributed by atoms with Gasteiger partial charge in [0.05, 0.1) is 6.54 Å². The first-order chi connectivity index (χ1) is 13.6. The van der Waals surface area contributed by atoms with E-state index in [1.807, 2.05) is 42.5 Å². The molecule has 0 unspecified atom stereocenters. The average molecular weight is 408 g/mol. The van der Waals surface area contributed by atoms with Gasteiger partial charge < -0.3 is 0 Å². The molecule has 0 bridgehead atoms. The van der Waals surface area contributed by atoms with Gasteiger partial charge in [-0.3, -0.25) is 14.7 Å². The molecule has 0 saturated heterocycles. The van der Waals surface area contributed by atoms with Crippen LogP contribution in [0.3, 0.4) is 0 Å². The monoisotopic (exact) mass is 407 g/mol. The van der Waals surface area contributed by atoms with E-state index in [0.29, 0.717) is 33.7 Å². The smallest absolute Gasteiger partial charge is 0.278 e. The quantitative estimate of drug-likeness (QED) is 0.556. The van der Waals surface area contributed by atoms with Gasteiger partial charge in [-0.05, 0) is 41.5 Å². The molecule has 0 fully saturated rings. The first kappa shape index (κ1) is 18.4. The van der Waals surface area contributed by atoms with Crippen molar-refractivity contribution in [3.63, 3.8) is 0 Å².